The normalized spacial score (nSPS) is 17.5. The fraction of sp³-hybridized carbons (Fsp3) is 0.571. The summed E-state index contributed by atoms with van der Waals surface area (Å²) in [6.45, 7) is 6.19. The van der Waals surface area contributed by atoms with Crippen LogP contribution in [0.2, 0.25) is 0 Å². The fourth-order valence-electron chi connectivity index (χ4n) is 3.80. The standard InChI is InChI=1S/C21H30N4O3S/c1-5-6-11-24(3)20(26)16-8-7-12-25(14-16)21-22-15(2)18-10-9-17(29(4,27)28)13-19(18)23-21/h9-10,13,16H,5-8,11-12,14H2,1-4H3. The van der Waals surface area contributed by atoms with Crippen LogP contribution in [0.15, 0.2) is 23.1 Å². The average molecular weight is 419 g/mol. The lowest BCUT2D eigenvalue weighted by Gasteiger charge is -2.34. The zero-order valence-electron chi connectivity index (χ0n) is 17.7. The third-order valence-corrected chi connectivity index (χ3v) is 6.66. The molecule has 1 aliphatic heterocycles. The first-order chi connectivity index (χ1) is 13.7. The molecule has 1 amide bonds. The van der Waals surface area contributed by atoms with Crippen molar-refractivity contribution >= 4 is 32.6 Å². The molecule has 0 aliphatic carbocycles. The van der Waals surface area contributed by atoms with Gasteiger partial charge in [0.05, 0.1) is 22.0 Å². The summed E-state index contributed by atoms with van der Waals surface area (Å²) in [7, 11) is -1.43. The number of benzene rings is 1. The van der Waals surface area contributed by atoms with E-state index in [4.69, 9.17) is 0 Å². The quantitative estimate of drug-likeness (QED) is 0.717. The molecule has 158 valence electrons. The summed E-state index contributed by atoms with van der Waals surface area (Å²) >= 11 is 0. The monoisotopic (exact) mass is 418 g/mol. The molecule has 3 rings (SSSR count). The molecule has 1 unspecified atom stereocenters. The summed E-state index contributed by atoms with van der Waals surface area (Å²) in [5.41, 5.74) is 1.42. The van der Waals surface area contributed by atoms with Crippen molar-refractivity contribution in [1.29, 1.82) is 0 Å². The summed E-state index contributed by atoms with van der Waals surface area (Å²) in [5, 5.41) is 0.838. The lowest BCUT2D eigenvalue weighted by Crippen LogP contribution is -2.44. The number of rotatable bonds is 6. The van der Waals surface area contributed by atoms with E-state index in [0.717, 1.165) is 49.9 Å². The van der Waals surface area contributed by atoms with E-state index in [1.807, 2.05) is 18.9 Å². The molecule has 8 heteroatoms. The van der Waals surface area contributed by atoms with Crippen LogP contribution in [-0.2, 0) is 14.6 Å². The lowest BCUT2D eigenvalue weighted by molar-refractivity contribution is -0.134. The minimum atomic E-state index is -3.31. The number of anilines is 1. The highest BCUT2D eigenvalue weighted by Crippen LogP contribution is 2.26. The Kier molecular flexibility index (Phi) is 6.41. The second-order valence-electron chi connectivity index (χ2n) is 7.96. The topological polar surface area (TPSA) is 83.5 Å². The molecule has 7 nitrogen and oxygen atoms in total. The summed E-state index contributed by atoms with van der Waals surface area (Å²) < 4.78 is 23.8. The van der Waals surface area contributed by atoms with E-state index < -0.39 is 9.84 Å². The van der Waals surface area contributed by atoms with Crippen LogP contribution in [0.1, 0.15) is 38.3 Å². The van der Waals surface area contributed by atoms with Gasteiger partial charge in [0.25, 0.3) is 0 Å². The van der Waals surface area contributed by atoms with Gasteiger partial charge < -0.3 is 9.80 Å². The van der Waals surface area contributed by atoms with Crippen LogP contribution in [0, 0.1) is 12.8 Å². The highest BCUT2D eigenvalue weighted by molar-refractivity contribution is 7.90. The minimum absolute atomic E-state index is 0.0624. The Morgan fingerprint density at radius 3 is 2.76 bits per heavy atom. The summed E-state index contributed by atoms with van der Waals surface area (Å²) in [6.07, 6.45) is 5.04. The number of carbonyl (C=O) groups excluding carboxylic acids is 1. The van der Waals surface area contributed by atoms with Gasteiger partial charge in [-0.2, -0.15) is 0 Å². The molecule has 0 N–H and O–H groups in total. The highest BCUT2D eigenvalue weighted by atomic mass is 32.2. The van der Waals surface area contributed by atoms with Gasteiger partial charge in [0, 0.05) is 38.3 Å². The zero-order valence-corrected chi connectivity index (χ0v) is 18.5. The Labute approximate surface area is 173 Å². The van der Waals surface area contributed by atoms with Gasteiger partial charge in [-0.3, -0.25) is 4.79 Å². The van der Waals surface area contributed by atoms with E-state index in [9.17, 15) is 13.2 Å². The van der Waals surface area contributed by atoms with Crippen LogP contribution in [0.5, 0.6) is 0 Å². The van der Waals surface area contributed by atoms with E-state index in [0.29, 0.717) is 18.0 Å². The van der Waals surface area contributed by atoms with Crippen LogP contribution in [0.25, 0.3) is 10.9 Å². The molecule has 0 spiro atoms. The van der Waals surface area contributed by atoms with Crippen LogP contribution < -0.4 is 4.90 Å². The lowest BCUT2D eigenvalue weighted by atomic mass is 9.96. The van der Waals surface area contributed by atoms with Gasteiger partial charge in [-0.1, -0.05) is 13.3 Å². The molecule has 1 atom stereocenters. The first-order valence-electron chi connectivity index (χ1n) is 10.2. The third kappa shape index (κ3) is 4.86. The van der Waals surface area contributed by atoms with Crippen LogP contribution in [-0.4, -0.2) is 62.1 Å². The van der Waals surface area contributed by atoms with E-state index in [2.05, 4.69) is 21.8 Å². The first-order valence-corrected chi connectivity index (χ1v) is 12.1. The number of fused-ring (bicyclic) bond motifs is 1. The first kappa shape index (κ1) is 21.5. The Balaban J connectivity index is 1.86. The van der Waals surface area contributed by atoms with Crippen molar-refractivity contribution in [2.24, 2.45) is 5.92 Å². The van der Waals surface area contributed by atoms with Crippen molar-refractivity contribution in [2.75, 3.05) is 37.8 Å². The van der Waals surface area contributed by atoms with Crippen molar-refractivity contribution in [1.82, 2.24) is 14.9 Å². The number of unbranched alkanes of at least 4 members (excludes halogenated alkanes) is 1. The summed E-state index contributed by atoms with van der Waals surface area (Å²) in [5.74, 6) is 0.682. The number of carbonyl (C=O) groups is 1. The van der Waals surface area contributed by atoms with E-state index >= 15 is 0 Å². The molecule has 1 fully saturated rings. The predicted molar refractivity (Wildman–Crippen MR) is 115 cm³/mol. The van der Waals surface area contributed by atoms with Gasteiger partial charge >= 0.3 is 0 Å². The van der Waals surface area contributed by atoms with Crippen molar-refractivity contribution in [3.8, 4) is 0 Å². The second kappa shape index (κ2) is 8.65. The van der Waals surface area contributed by atoms with Crippen LogP contribution in [0.3, 0.4) is 0 Å². The number of hydrogen-bond donors (Lipinski definition) is 0. The van der Waals surface area contributed by atoms with Crippen molar-refractivity contribution in [3.05, 3.63) is 23.9 Å². The summed E-state index contributed by atoms with van der Waals surface area (Å²) in [4.78, 5) is 26.2. The maximum absolute atomic E-state index is 12.8. The average Bonchev–Trinajstić information content (AvgIpc) is 2.70. The molecule has 1 aliphatic rings. The summed E-state index contributed by atoms with van der Waals surface area (Å²) in [6, 6.07) is 4.96. The molecule has 2 heterocycles. The molecule has 0 radical (unpaired) electrons. The van der Waals surface area contributed by atoms with E-state index in [-0.39, 0.29) is 16.7 Å². The van der Waals surface area contributed by atoms with Gasteiger partial charge in [-0.05, 0) is 44.4 Å². The molecule has 2 aromatic rings. The zero-order chi connectivity index (χ0) is 21.2. The number of aryl methyl sites for hydroxylation is 1. The van der Waals surface area contributed by atoms with Gasteiger partial charge in [-0.15, -0.1) is 0 Å². The molecule has 0 saturated carbocycles. The largest absolute Gasteiger partial charge is 0.345 e. The predicted octanol–water partition coefficient (Wildman–Crippen LogP) is 2.82. The van der Waals surface area contributed by atoms with Crippen LogP contribution >= 0.6 is 0 Å². The second-order valence-corrected chi connectivity index (χ2v) is 9.97. The molecular weight excluding hydrogens is 388 g/mol. The highest BCUT2D eigenvalue weighted by Gasteiger charge is 2.29. The molecule has 1 saturated heterocycles. The Morgan fingerprint density at radius 1 is 1.31 bits per heavy atom. The fourth-order valence-corrected chi connectivity index (χ4v) is 4.44. The smallest absolute Gasteiger partial charge is 0.227 e. The SMILES string of the molecule is CCCCN(C)C(=O)C1CCCN(c2nc(C)c3ccc(S(C)(=O)=O)cc3n2)C1. The van der Waals surface area contributed by atoms with Crippen molar-refractivity contribution < 1.29 is 13.2 Å². The van der Waals surface area contributed by atoms with Gasteiger partial charge in [0.15, 0.2) is 9.84 Å². The van der Waals surface area contributed by atoms with E-state index in [1.54, 1.807) is 18.2 Å². The van der Waals surface area contributed by atoms with Gasteiger partial charge in [-0.25, -0.2) is 18.4 Å². The maximum atomic E-state index is 12.8. The molecule has 1 aromatic heterocycles. The number of nitrogens with zero attached hydrogens (tertiary/aromatic N) is 4. The molecule has 29 heavy (non-hydrogen) atoms. The van der Waals surface area contributed by atoms with Gasteiger partial charge in [0.2, 0.25) is 11.9 Å². The maximum Gasteiger partial charge on any atom is 0.227 e. The van der Waals surface area contributed by atoms with Gasteiger partial charge in [0.1, 0.15) is 0 Å². The Morgan fingerprint density at radius 2 is 2.07 bits per heavy atom. The molecular formula is C21H30N4O3S. The van der Waals surface area contributed by atoms with Crippen molar-refractivity contribution in [2.45, 2.75) is 44.4 Å². The number of sulfone groups is 1. The Bertz CT molecular complexity index is 1010. The molecule has 0 bridgehead atoms. The number of piperidine rings is 1. The van der Waals surface area contributed by atoms with E-state index in [1.165, 1.54) is 6.26 Å². The van der Waals surface area contributed by atoms with Crippen LogP contribution in [0.4, 0.5) is 5.95 Å². The molecule has 1 aromatic carbocycles. The van der Waals surface area contributed by atoms with Crippen molar-refractivity contribution in [3.63, 3.8) is 0 Å². The Hall–Kier alpha value is -2.22. The number of hydrogen-bond acceptors (Lipinski definition) is 6. The number of amides is 1. The number of aromatic nitrogens is 2. The minimum Gasteiger partial charge on any atom is -0.345 e. The third-order valence-electron chi connectivity index (χ3n) is 5.55.